The molecule has 4 heteroatoms. The topological polar surface area (TPSA) is 64.9 Å². The number of nitrogens with zero attached hydrogens (tertiary/aromatic N) is 2. The lowest BCUT2D eigenvalue weighted by Gasteiger charge is -2.01. The summed E-state index contributed by atoms with van der Waals surface area (Å²) in [7, 11) is 0. The molecule has 0 spiro atoms. The van der Waals surface area contributed by atoms with E-state index in [-0.39, 0.29) is 0 Å². The highest BCUT2D eigenvalue weighted by Crippen LogP contribution is 2.31. The molecule has 0 amide bonds. The number of pyridine rings is 1. The molecule has 0 atom stereocenters. The zero-order chi connectivity index (χ0) is 13.5. The van der Waals surface area contributed by atoms with E-state index in [0.29, 0.717) is 22.7 Å². The summed E-state index contributed by atoms with van der Waals surface area (Å²) in [6.07, 6.45) is 1.76. The van der Waals surface area contributed by atoms with Crippen LogP contribution in [0.15, 0.2) is 59.1 Å². The lowest BCUT2D eigenvalue weighted by atomic mass is 10.1. The van der Waals surface area contributed by atoms with Crippen molar-refractivity contribution in [1.82, 2.24) is 9.97 Å². The Bertz CT molecular complexity index is 922. The van der Waals surface area contributed by atoms with E-state index in [1.165, 1.54) is 0 Å². The number of hydrogen-bond donors (Lipinski definition) is 1. The van der Waals surface area contributed by atoms with E-state index in [1.807, 2.05) is 48.5 Å². The van der Waals surface area contributed by atoms with Gasteiger partial charge in [0.2, 0.25) is 5.89 Å². The molecule has 4 nitrogen and oxygen atoms in total. The molecule has 2 aromatic heterocycles. The third-order valence-corrected chi connectivity index (χ3v) is 3.33. The molecule has 2 heterocycles. The van der Waals surface area contributed by atoms with Gasteiger partial charge in [-0.3, -0.25) is 4.98 Å². The van der Waals surface area contributed by atoms with Crippen LogP contribution in [0.2, 0.25) is 0 Å². The number of nitrogens with two attached hydrogens (primary N) is 1. The van der Waals surface area contributed by atoms with Crippen LogP contribution in [0.25, 0.3) is 33.5 Å². The fourth-order valence-corrected chi connectivity index (χ4v) is 2.37. The van der Waals surface area contributed by atoms with Crippen molar-refractivity contribution in [3.63, 3.8) is 0 Å². The van der Waals surface area contributed by atoms with Gasteiger partial charge in [0.05, 0.1) is 11.2 Å². The highest BCUT2D eigenvalue weighted by atomic mass is 16.3. The first-order valence-electron chi connectivity index (χ1n) is 6.32. The van der Waals surface area contributed by atoms with Crippen molar-refractivity contribution in [2.45, 2.75) is 0 Å². The predicted octanol–water partition coefficient (Wildman–Crippen LogP) is 3.63. The molecule has 0 fully saturated rings. The monoisotopic (exact) mass is 261 g/mol. The van der Waals surface area contributed by atoms with Crippen LogP contribution in [-0.2, 0) is 0 Å². The summed E-state index contributed by atoms with van der Waals surface area (Å²) in [4.78, 5) is 8.86. The summed E-state index contributed by atoms with van der Waals surface area (Å²) in [5.74, 6) is 0.566. The molecule has 96 valence electrons. The number of oxazole rings is 1. The van der Waals surface area contributed by atoms with Crippen molar-refractivity contribution < 1.29 is 4.42 Å². The lowest BCUT2D eigenvalue weighted by molar-refractivity contribution is 0.620. The smallest absolute Gasteiger partial charge is 0.228 e. The van der Waals surface area contributed by atoms with E-state index in [9.17, 15) is 0 Å². The van der Waals surface area contributed by atoms with E-state index in [4.69, 9.17) is 10.2 Å². The fraction of sp³-hybridized carbons (Fsp3) is 0. The number of nitrogen functional groups attached to an aromatic ring is 1. The van der Waals surface area contributed by atoms with Gasteiger partial charge in [-0.25, -0.2) is 4.98 Å². The fourth-order valence-electron chi connectivity index (χ4n) is 2.37. The second kappa shape index (κ2) is 4.06. The second-order valence-electron chi connectivity index (χ2n) is 4.59. The van der Waals surface area contributed by atoms with E-state index < -0.39 is 0 Å². The Balaban J connectivity index is 2.04. The van der Waals surface area contributed by atoms with E-state index in [0.717, 1.165) is 16.5 Å². The first-order valence-corrected chi connectivity index (χ1v) is 6.32. The van der Waals surface area contributed by atoms with Gasteiger partial charge >= 0.3 is 0 Å². The highest BCUT2D eigenvalue weighted by Gasteiger charge is 2.12. The maximum absolute atomic E-state index is 5.93. The molecule has 0 saturated heterocycles. The average Bonchev–Trinajstić information content (AvgIpc) is 2.92. The molecular formula is C16H11N3O. The SMILES string of the molecule is Nc1cccc2oc(-c3ccnc4ccccc34)nc12. The van der Waals surface area contributed by atoms with E-state index in [2.05, 4.69) is 9.97 Å². The largest absolute Gasteiger partial charge is 0.436 e. The minimum atomic E-state index is 0.566. The Morgan fingerprint density at radius 3 is 2.75 bits per heavy atom. The molecule has 0 bridgehead atoms. The number of aromatic nitrogens is 2. The first-order chi connectivity index (χ1) is 9.83. The summed E-state index contributed by atoms with van der Waals surface area (Å²) in [5, 5.41) is 1.01. The van der Waals surface area contributed by atoms with Gasteiger partial charge in [-0.05, 0) is 24.3 Å². The van der Waals surface area contributed by atoms with Crippen molar-refractivity contribution in [2.24, 2.45) is 0 Å². The Hall–Kier alpha value is -2.88. The number of benzene rings is 2. The molecule has 0 unspecified atom stereocenters. The van der Waals surface area contributed by atoms with Gasteiger partial charge < -0.3 is 10.2 Å². The van der Waals surface area contributed by atoms with Gasteiger partial charge in [-0.15, -0.1) is 0 Å². The van der Waals surface area contributed by atoms with Crippen LogP contribution in [0, 0.1) is 0 Å². The standard InChI is InChI=1S/C16H11N3O/c17-12-5-3-7-14-15(12)19-16(20-14)11-8-9-18-13-6-2-1-4-10(11)13/h1-9H,17H2. The average molecular weight is 261 g/mol. The molecule has 4 rings (SSSR count). The van der Waals surface area contributed by atoms with Crippen LogP contribution >= 0.6 is 0 Å². The summed E-state index contributed by atoms with van der Waals surface area (Å²) in [6.45, 7) is 0. The van der Waals surface area contributed by atoms with Crippen LogP contribution in [0.1, 0.15) is 0 Å². The minimum absolute atomic E-state index is 0.566. The van der Waals surface area contributed by atoms with E-state index >= 15 is 0 Å². The molecule has 0 saturated carbocycles. The van der Waals surface area contributed by atoms with Crippen LogP contribution in [0.5, 0.6) is 0 Å². The Morgan fingerprint density at radius 2 is 1.85 bits per heavy atom. The number of para-hydroxylation sites is 2. The number of anilines is 1. The van der Waals surface area contributed by atoms with Crippen LogP contribution in [0.4, 0.5) is 5.69 Å². The molecule has 2 N–H and O–H groups in total. The van der Waals surface area contributed by atoms with Gasteiger partial charge in [0.15, 0.2) is 5.58 Å². The molecule has 4 aromatic rings. The van der Waals surface area contributed by atoms with Crippen molar-refractivity contribution in [1.29, 1.82) is 0 Å². The Labute approximate surface area is 114 Å². The van der Waals surface area contributed by atoms with Gasteiger partial charge in [0, 0.05) is 17.1 Å². The van der Waals surface area contributed by atoms with Crippen molar-refractivity contribution >= 4 is 27.7 Å². The van der Waals surface area contributed by atoms with E-state index in [1.54, 1.807) is 6.20 Å². The molecule has 0 aliphatic heterocycles. The van der Waals surface area contributed by atoms with Crippen LogP contribution in [0.3, 0.4) is 0 Å². The highest BCUT2D eigenvalue weighted by molar-refractivity contribution is 5.94. The van der Waals surface area contributed by atoms with Crippen LogP contribution in [-0.4, -0.2) is 9.97 Å². The summed E-state index contributed by atoms with van der Waals surface area (Å²) >= 11 is 0. The van der Waals surface area contributed by atoms with Crippen LogP contribution < -0.4 is 5.73 Å². The lowest BCUT2D eigenvalue weighted by Crippen LogP contribution is -1.86. The predicted molar refractivity (Wildman–Crippen MR) is 79.2 cm³/mol. The van der Waals surface area contributed by atoms with Crippen molar-refractivity contribution in [3.8, 4) is 11.5 Å². The van der Waals surface area contributed by atoms with Gasteiger partial charge in [0.1, 0.15) is 5.52 Å². The molecule has 0 radical (unpaired) electrons. The molecule has 20 heavy (non-hydrogen) atoms. The Morgan fingerprint density at radius 1 is 0.950 bits per heavy atom. The number of hydrogen-bond acceptors (Lipinski definition) is 4. The maximum Gasteiger partial charge on any atom is 0.228 e. The maximum atomic E-state index is 5.93. The van der Waals surface area contributed by atoms with Crippen molar-refractivity contribution in [3.05, 3.63) is 54.7 Å². The zero-order valence-electron chi connectivity index (χ0n) is 10.6. The summed E-state index contributed by atoms with van der Waals surface area (Å²) < 4.78 is 5.82. The summed E-state index contributed by atoms with van der Waals surface area (Å²) in [6, 6.07) is 15.4. The quantitative estimate of drug-likeness (QED) is 0.531. The third-order valence-electron chi connectivity index (χ3n) is 3.33. The number of fused-ring (bicyclic) bond motifs is 2. The minimum Gasteiger partial charge on any atom is -0.436 e. The van der Waals surface area contributed by atoms with Gasteiger partial charge in [0.25, 0.3) is 0 Å². The van der Waals surface area contributed by atoms with Crippen molar-refractivity contribution in [2.75, 3.05) is 5.73 Å². The molecule has 0 aliphatic rings. The second-order valence-corrected chi connectivity index (χ2v) is 4.59. The zero-order valence-corrected chi connectivity index (χ0v) is 10.6. The van der Waals surface area contributed by atoms with Gasteiger partial charge in [-0.1, -0.05) is 24.3 Å². The Kier molecular flexibility index (Phi) is 2.23. The van der Waals surface area contributed by atoms with Gasteiger partial charge in [-0.2, -0.15) is 0 Å². The number of rotatable bonds is 1. The first kappa shape index (κ1) is 11.0. The molecule has 2 aromatic carbocycles. The normalized spacial score (nSPS) is 11.2. The summed E-state index contributed by atoms with van der Waals surface area (Å²) in [5.41, 5.74) is 9.78. The molecule has 0 aliphatic carbocycles. The third kappa shape index (κ3) is 1.55. The molecular weight excluding hydrogens is 250 g/mol.